The summed E-state index contributed by atoms with van der Waals surface area (Å²) < 4.78 is 11.9. The molecule has 0 bridgehead atoms. The molecule has 2 aliphatic heterocycles. The minimum absolute atomic E-state index is 0. The van der Waals surface area contributed by atoms with Crippen molar-refractivity contribution in [2.75, 3.05) is 19.8 Å². The van der Waals surface area contributed by atoms with Gasteiger partial charge in [0, 0.05) is 54.5 Å². The van der Waals surface area contributed by atoms with Crippen molar-refractivity contribution in [2.24, 2.45) is 27.7 Å². The molecule has 0 aromatic rings. The second-order valence-corrected chi connectivity index (χ2v) is 9.20. The van der Waals surface area contributed by atoms with Crippen LogP contribution in [-0.4, -0.2) is 50.0 Å². The molecule has 5 nitrogen and oxygen atoms in total. The summed E-state index contributed by atoms with van der Waals surface area (Å²) in [5.41, 5.74) is 0.344. The molecule has 0 spiro atoms. The van der Waals surface area contributed by atoms with Crippen molar-refractivity contribution in [1.29, 1.82) is 0 Å². The Balaban J connectivity index is 0.00000182. The average molecular weight is 463 g/mol. The van der Waals surface area contributed by atoms with E-state index in [1.54, 1.807) is 0 Å². The number of rotatable bonds is 3. The fourth-order valence-corrected chi connectivity index (χ4v) is 5.82. The highest BCUT2D eigenvalue weighted by molar-refractivity contribution is 14.0. The minimum atomic E-state index is 0. The molecule has 0 aromatic heterocycles. The lowest BCUT2D eigenvalue weighted by atomic mass is 9.57. The SMILES string of the molecule is CCN=C(NC1C2CCOC2C1(C)C)NC1C2CCOC2C1(C)C.I. The molecule has 0 aromatic carbocycles. The van der Waals surface area contributed by atoms with Gasteiger partial charge in [0.25, 0.3) is 0 Å². The maximum absolute atomic E-state index is 5.93. The zero-order valence-corrected chi connectivity index (χ0v) is 18.5. The molecule has 4 fully saturated rings. The molecule has 144 valence electrons. The molecule has 2 aliphatic carbocycles. The van der Waals surface area contributed by atoms with Crippen LogP contribution in [0.5, 0.6) is 0 Å². The van der Waals surface area contributed by atoms with Crippen LogP contribution in [0.3, 0.4) is 0 Å². The van der Waals surface area contributed by atoms with Gasteiger partial charge in [-0.3, -0.25) is 4.99 Å². The summed E-state index contributed by atoms with van der Waals surface area (Å²) in [5.74, 6) is 2.23. The zero-order chi connectivity index (χ0) is 17.1. The number of aliphatic imine (C=N–C) groups is 1. The third-order valence-electron chi connectivity index (χ3n) is 7.10. The number of guanidine groups is 1. The van der Waals surface area contributed by atoms with E-state index in [9.17, 15) is 0 Å². The Morgan fingerprint density at radius 1 is 0.920 bits per heavy atom. The molecule has 2 saturated carbocycles. The molecule has 6 heteroatoms. The third-order valence-corrected chi connectivity index (χ3v) is 7.10. The van der Waals surface area contributed by atoms with Gasteiger partial charge in [-0.05, 0) is 19.8 Å². The van der Waals surface area contributed by atoms with Crippen molar-refractivity contribution < 1.29 is 9.47 Å². The van der Waals surface area contributed by atoms with Gasteiger partial charge in [0.2, 0.25) is 0 Å². The van der Waals surface area contributed by atoms with Crippen LogP contribution in [0, 0.1) is 22.7 Å². The van der Waals surface area contributed by atoms with Gasteiger partial charge in [-0.25, -0.2) is 0 Å². The van der Waals surface area contributed by atoms with Crippen LogP contribution < -0.4 is 10.6 Å². The number of nitrogens with one attached hydrogen (secondary N) is 2. The highest BCUT2D eigenvalue weighted by Crippen LogP contribution is 2.53. The molecule has 25 heavy (non-hydrogen) atoms. The van der Waals surface area contributed by atoms with Gasteiger partial charge in [0.05, 0.1) is 12.2 Å². The number of hydrogen-bond acceptors (Lipinski definition) is 3. The molecular weight excluding hydrogens is 429 g/mol. The summed E-state index contributed by atoms with van der Waals surface area (Å²) in [6.45, 7) is 14.0. The van der Waals surface area contributed by atoms with Gasteiger partial charge < -0.3 is 20.1 Å². The van der Waals surface area contributed by atoms with Crippen molar-refractivity contribution >= 4 is 29.9 Å². The lowest BCUT2D eigenvalue weighted by Gasteiger charge is -2.57. The van der Waals surface area contributed by atoms with Gasteiger partial charge in [-0.1, -0.05) is 27.7 Å². The van der Waals surface area contributed by atoms with Crippen molar-refractivity contribution in [2.45, 2.75) is 71.8 Å². The van der Waals surface area contributed by atoms with Crippen LogP contribution in [0.25, 0.3) is 0 Å². The van der Waals surface area contributed by atoms with Crippen LogP contribution in [0.1, 0.15) is 47.5 Å². The summed E-state index contributed by atoms with van der Waals surface area (Å²) in [4.78, 5) is 4.74. The summed E-state index contributed by atoms with van der Waals surface area (Å²) in [6.07, 6.45) is 3.15. The standard InChI is InChI=1S/C19H33N3O2.HI/c1-6-20-17(21-13-11-7-9-23-15(11)18(13,2)3)22-14-12-8-10-24-16(12)19(14,4)5;/h11-16H,6-10H2,1-5H3,(H2,20,21,22);1H. The van der Waals surface area contributed by atoms with Crippen molar-refractivity contribution in [3.05, 3.63) is 0 Å². The highest BCUT2D eigenvalue weighted by Gasteiger charge is 2.61. The number of nitrogens with zero attached hydrogens (tertiary/aromatic N) is 1. The fraction of sp³-hybridized carbons (Fsp3) is 0.947. The van der Waals surface area contributed by atoms with E-state index in [0.717, 1.165) is 25.7 Å². The van der Waals surface area contributed by atoms with E-state index in [-0.39, 0.29) is 34.8 Å². The first-order valence-corrected chi connectivity index (χ1v) is 9.68. The van der Waals surface area contributed by atoms with E-state index in [1.165, 1.54) is 12.8 Å². The fourth-order valence-electron chi connectivity index (χ4n) is 5.82. The first-order valence-electron chi connectivity index (χ1n) is 9.68. The van der Waals surface area contributed by atoms with E-state index in [0.29, 0.717) is 36.1 Å². The quantitative estimate of drug-likeness (QED) is 0.384. The number of hydrogen-bond donors (Lipinski definition) is 2. The first-order chi connectivity index (χ1) is 11.4. The van der Waals surface area contributed by atoms with E-state index < -0.39 is 0 Å². The Bertz CT molecular complexity index is 495. The Labute approximate surface area is 169 Å². The number of fused-ring (bicyclic) bond motifs is 2. The summed E-state index contributed by atoms with van der Waals surface area (Å²) in [7, 11) is 0. The van der Waals surface area contributed by atoms with E-state index in [2.05, 4.69) is 45.3 Å². The second kappa shape index (κ2) is 6.82. The predicted molar refractivity (Wildman–Crippen MR) is 110 cm³/mol. The average Bonchev–Trinajstić information content (AvgIpc) is 3.16. The van der Waals surface area contributed by atoms with Gasteiger partial charge in [0.1, 0.15) is 0 Å². The minimum Gasteiger partial charge on any atom is -0.377 e. The van der Waals surface area contributed by atoms with Gasteiger partial charge >= 0.3 is 0 Å². The molecule has 4 aliphatic rings. The molecule has 2 N–H and O–H groups in total. The molecule has 6 atom stereocenters. The van der Waals surface area contributed by atoms with Crippen molar-refractivity contribution in [3.63, 3.8) is 0 Å². The van der Waals surface area contributed by atoms with Gasteiger partial charge in [0.15, 0.2) is 5.96 Å². The molecule has 2 heterocycles. The monoisotopic (exact) mass is 463 g/mol. The third kappa shape index (κ3) is 2.90. The number of halogens is 1. The Morgan fingerprint density at radius 3 is 1.76 bits per heavy atom. The molecular formula is C19H34IN3O2. The highest BCUT2D eigenvalue weighted by atomic mass is 127. The maximum atomic E-state index is 5.93. The normalized spacial score (nSPS) is 42.1. The molecule has 4 rings (SSSR count). The summed E-state index contributed by atoms with van der Waals surface area (Å²) in [6, 6.07) is 0.892. The van der Waals surface area contributed by atoms with Crippen LogP contribution in [0.4, 0.5) is 0 Å². The van der Waals surface area contributed by atoms with E-state index >= 15 is 0 Å². The second-order valence-electron chi connectivity index (χ2n) is 9.20. The molecule has 0 amide bonds. The summed E-state index contributed by atoms with van der Waals surface area (Å²) in [5, 5.41) is 7.50. The van der Waals surface area contributed by atoms with Crippen LogP contribution in [0.15, 0.2) is 4.99 Å². The molecule has 6 unspecified atom stereocenters. The largest absolute Gasteiger partial charge is 0.377 e. The number of ether oxygens (including phenoxy) is 2. The Morgan fingerprint density at radius 2 is 1.36 bits per heavy atom. The zero-order valence-electron chi connectivity index (χ0n) is 16.2. The van der Waals surface area contributed by atoms with Crippen LogP contribution >= 0.6 is 24.0 Å². The van der Waals surface area contributed by atoms with Crippen LogP contribution in [0.2, 0.25) is 0 Å². The maximum Gasteiger partial charge on any atom is 0.191 e. The Hall–Kier alpha value is -0.0800. The molecule has 0 radical (unpaired) electrons. The van der Waals surface area contributed by atoms with E-state index in [4.69, 9.17) is 14.5 Å². The predicted octanol–water partition coefficient (Wildman–Crippen LogP) is 2.79. The van der Waals surface area contributed by atoms with Gasteiger partial charge in [-0.15, -0.1) is 24.0 Å². The van der Waals surface area contributed by atoms with Crippen molar-refractivity contribution in [1.82, 2.24) is 10.6 Å². The smallest absolute Gasteiger partial charge is 0.191 e. The Kier molecular flexibility index (Phi) is 5.37. The van der Waals surface area contributed by atoms with Gasteiger partial charge in [-0.2, -0.15) is 0 Å². The lowest BCUT2D eigenvalue weighted by molar-refractivity contribution is -0.112. The van der Waals surface area contributed by atoms with Crippen LogP contribution in [-0.2, 0) is 9.47 Å². The van der Waals surface area contributed by atoms with Crippen molar-refractivity contribution in [3.8, 4) is 0 Å². The summed E-state index contributed by atoms with van der Waals surface area (Å²) >= 11 is 0. The van der Waals surface area contributed by atoms with E-state index in [1.807, 2.05) is 0 Å². The first kappa shape index (κ1) is 19.7. The lowest BCUT2D eigenvalue weighted by Crippen LogP contribution is -2.72. The molecule has 2 saturated heterocycles. The topological polar surface area (TPSA) is 54.9 Å².